The number of halogens is 1. The first-order valence-corrected chi connectivity index (χ1v) is 10.4. The van der Waals surface area contributed by atoms with Crippen LogP contribution < -0.4 is 15.0 Å². The van der Waals surface area contributed by atoms with Crippen molar-refractivity contribution in [1.29, 1.82) is 0 Å². The van der Waals surface area contributed by atoms with E-state index in [1.165, 1.54) is 25.3 Å². The minimum Gasteiger partial charge on any atom is -0.507 e. The van der Waals surface area contributed by atoms with Gasteiger partial charge in [0.05, 0.1) is 25.3 Å². The third-order valence-electron chi connectivity index (χ3n) is 5.78. The number of para-hydroxylation sites is 1. The van der Waals surface area contributed by atoms with Crippen molar-refractivity contribution in [1.82, 2.24) is 5.32 Å². The molecule has 7 heteroatoms. The average molecular weight is 436 g/mol. The Hall–Kier alpha value is -3.58. The van der Waals surface area contributed by atoms with Gasteiger partial charge in [0.1, 0.15) is 17.3 Å². The van der Waals surface area contributed by atoms with Gasteiger partial charge in [-0.3, -0.25) is 4.90 Å². The molecule has 3 atom stereocenters. The predicted molar refractivity (Wildman–Crippen MR) is 119 cm³/mol. The number of aliphatic hydroxyl groups is 1. The number of hydrogen-bond donors (Lipinski definition) is 3. The molecule has 166 valence electrons. The van der Waals surface area contributed by atoms with E-state index >= 15 is 0 Å². The highest BCUT2D eigenvalue weighted by Crippen LogP contribution is 2.41. The van der Waals surface area contributed by atoms with Crippen molar-refractivity contribution in [2.45, 2.75) is 31.0 Å². The van der Waals surface area contributed by atoms with Crippen LogP contribution in [-0.2, 0) is 0 Å². The van der Waals surface area contributed by atoms with Gasteiger partial charge in [-0.15, -0.1) is 0 Å². The molecule has 0 bridgehead atoms. The molecule has 1 aliphatic rings. The average Bonchev–Trinajstić information content (AvgIpc) is 3.14. The maximum absolute atomic E-state index is 13.2. The van der Waals surface area contributed by atoms with E-state index in [1.807, 2.05) is 30.3 Å². The van der Waals surface area contributed by atoms with Gasteiger partial charge in [-0.2, -0.15) is 0 Å². The largest absolute Gasteiger partial charge is 0.507 e. The fourth-order valence-corrected chi connectivity index (χ4v) is 4.16. The normalized spacial score (nSPS) is 19.0. The van der Waals surface area contributed by atoms with Crippen molar-refractivity contribution >= 4 is 11.7 Å². The molecule has 0 unspecified atom stereocenters. The highest BCUT2D eigenvalue weighted by Gasteiger charge is 2.42. The first kappa shape index (κ1) is 21.6. The van der Waals surface area contributed by atoms with Crippen molar-refractivity contribution < 1.29 is 24.1 Å². The maximum Gasteiger partial charge on any atom is 0.322 e. The van der Waals surface area contributed by atoms with Crippen LogP contribution in [0.3, 0.4) is 0 Å². The summed E-state index contributed by atoms with van der Waals surface area (Å²) in [4.78, 5) is 14.6. The van der Waals surface area contributed by atoms with Crippen LogP contribution in [0.1, 0.15) is 36.1 Å². The first-order chi connectivity index (χ1) is 15.5. The lowest BCUT2D eigenvalue weighted by Gasteiger charge is -2.28. The van der Waals surface area contributed by atoms with E-state index in [4.69, 9.17) is 4.74 Å². The molecule has 2 amide bonds. The first-order valence-electron chi connectivity index (χ1n) is 10.4. The van der Waals surface area contributed by atoms with Gasteiger partial charge in [0.25, 0.3) is 0 Å². The Bertz CT molecular complexity index is 1080. The molecular weight excluding hydrogens is 411 g/mol. The third kappa shape index (κ3) is 4.38. The predicted octanol–water partition coefficient (Wildman–Crippen LogP) is 4.69. The summed E-state index contributed by atoms with van der Waals surface area (Å²) in [7, 11) is 1.52. The Balaban J connectivity index is 1.63. The molecule has 1 fully saturated rings. The summed E-state index contributed by atoms with van der Waals surface area (Å²) in [5.41, 5.74) is 1.89. The van der Waals surface area contributed by atoms with Crippen molar-refractivity contribution in [3.05, 3.63) is 89.7 Å². The maximum atomic E-state index is 13.2. The second kappa shape index (κ2) is 9.28. The number of anilines is 1. The van der Waals surface area contributed by atoms with Crippen LogP contribution in [0, 0.1) is 5.82 Å². The van der Waals surface area contributed by atoms with Gasteiger partial charge in [-0.1, -0.05) is 30.3 Å². The Morgan fingerprint density at radius 3 is 2.47 bits per heavy atom. The van der Waals surface area contributed by atoms with E-state index in [0.29, 0.717) is 35.4 Å². The molecule has 0 spiro atoms. The summed E-state index contributed by atoms with van der Waals surface area (Å²) in [6, 6.07) is 18.8. The van der Waals surface area contributed by atoms with Crippen molar-refractivity contribution in [2.75, 3.05) is 12.0 Å². The second-order valence-corrected chi connectivity index (χ2v) is 7.78. The molecule has 0 aromatic heterocycles. The number of ether oxygens (including phenoxy) is 1. The van der Waals surface area contributed by atoms with E-state index in [2.05, 4.69) is 5.32 Å². The topological polar surface area (TPSA) is 82.0 Å². The molecule has 32 heavy (non-hydrogen) atoms. The zero-order valence-corrected chi connectivity index (χ0v) is 17.6. The van der Waals surface area contributed by atoms with Gasteiger partial charge >= 0.3 is 6.03 Å². The molecule has 1 saturated heterocycles. The number of aromatic hydroxyl groups is 1. The summed E-state index contributed by atoms with van der Waals surface area (Å²) in [6.45, 7) is 0. The molecule has 3 N–H and O–H groups in total. The Morgan fingerprint density at radius 1 is 1.09 bits per heavy atom. The number of aliphatic hydroxyl groups excluding tert-OH is 1. The second-order valence-electron chi connectivity index (χ2n) is 7.78. The number of amides is 2. The fraction of sp³-hybridized carbons (Fsp3) is 0.240. The molecule has 1 aliphatic heterocycles. The van der Waals surface area contributed by atoms with Gasteiger partial charge in [0.2, 0.25) is 0 Å². The van der Waals surface area contributed by atoms with Crippen molar-refractivity contribution in [3.8, 4) is 11.5 Å². The van der Waals surface area contributed by atoms with Crippen molar-refractivity contribution in [3.63, 3.8) is 0 Å². The summed E-state index contributed by atoms with van der Waals surface area (Å²) >= 11 is 0. The lowest BCUT2D eigenvalue weighted by Crippen LogP contribution is -2.29. The summed E-state index contributed by atoms with van der Waals surface area (Å²) in [6.07, 6.45) is -0.000453. The van der Waals surface area contributed by atoms with Gasteiger partial charge in [-0.25, -0.2) is 9.18 Å². The molecule has 4 rings (SSSR count). The van der Waals surface area contributed by atoms with Gasteiger partial charge in [0.15, 0.2) is 0 Å². The lowest BCUT2D eigenvalue weighted by molar-refractivity contribution is 0.159. The highest BCUT2D eigenvalue weighted by atomic mass is 19.1. The van der Waals surface area contributed by atoms with Gasteiger partial charge in [-0.05, 0) is 54.8 Å². The highest BCUT2D eigenvalue weighted by molar-refractivity contribution is 5.96. The molecule has 0 radical (unpaired) electrons. The number of nitrogens with zero attached hydrogens (tertiary/aromatic N) is 1. The number of carbonyl (C=O) groups excluding carboxylic acids is 1. The molecule has 6 nitrogen and oxygen atoms in total. The Morgan fingerprint density at radius 2 is 1.81 bits per heavy atom. The Labute approximate surface area is 185 Å². The number of phenols is 1. The van der Waals surface area contributed by atoms with Crippen LogP contribution in [0.2, 0.25) is 0 Å². The standard InChI is InChI=1S/C25H25FN2O4/c1-32-19-11-12-20(23(30)15-19)24-21(13-14-22(29)16-7-9-17(26)10-8-16)27-25(31)28(24)18-5-3-2-4-6-18/h2-12,15,21-22,24,29-30H,13-14H2,1H3,(H,27,31)/t21-,22-,24+/m0/s1. The minimum absolute atomic E-state index is 0.0239. The van der Waals surface area contributed by atoms with Crippen LogP contribution in [0.15, 0.2) is 72.8 Å². The summed E-state index contributed by atoms with van der Waals surface area (Å²) < 4.78 is 18.4. The van der Waals surface area contributed by atoms with E-state index in [-0.39, 0.29) is 23.6 Å². The molecule has 3 aromatic carbocycles. The van der Waals surface area contributed by atoms with Crippen LogP contribution in [0.4, 0.5) is 14.9 Å². The fourth-order valence-electron chi connectivity index (χ4n) is 4.16. The van der Waals surface area contributed by atoms with E-state index in [9.17, 15) is 19.4 Å². The zero-order chi connectivity index (χ0) is 22.7. The van der Waals surface area contributed by atoms with Gasteiger partial charge < -0.3 is 20.3 Å². The lowest BCUT2D eigenvalue weighted by atomic mass is 9.92. The molecule has 0 saturated carbocycles. The van der Waals surface area contributed by atoms with Crippen molar-refractivity contribution in [2.24, 2.45) is 0 Å². The Kier molecular flexibility index (Phi) is 6.28. The number of phenolic OH excluding ortho intramolecular Hbond substituents is 1. The number of benzene rings is 3. The smallest absolute Gasteiger partial charge is 0.322 e. The molecular formula is C25H25FN2O4. The van der Waals surface area contributed by atoms with Gasteiger partial charge in [0, 0.05) is 17.3 Å². The van der Waals surface area contributed by atoms with Crippen LogP contribution >= 0.6 is 0 Å². The molecule has 1 heterocycles. The number of nitrogens with one attached hydrogen (secondary N) is 1. The number of methoxy groups -OCH3 is 1. The quantitative estimate of drug-likeness (QED) is 0.502. The van der Waals surface area contributed by atoms with E-state index in [0.717, 1.165) is 0 Å². The summed E-state index contributed by atoms with van der Waals surface area (Å²) in [5.74, 6) is 0.173. The summed E-state index contributed by atoms with van der Waals surface area (Å²) in [5, 5.41) is 24.3. The van der Waals surface area contributed by atoms with Crippen LogP contribution in [0.5, 0.6) is 11.5 Å². The number of urea groups is 1. The van der Waals surface area contributed by atoms with E-state index < -0.39 is 12.1 Å². The number of carbonyl (C=O) groups is 1. The van der Waals surface area contributed by atoms with E-state index in [1.54, 1.807) is 29.2 Å². The zero-order valence-electron chi connectivity index (χ0n) is 17.6. The monoisotopic (exact) mass is 436 g/mol. The number of rotatable bonds is 7. The van der Waals surface area contributed by atoms with Crippen LogP contribution in [-0.4, -0.2) is 29.4 Å². The minimum atomic E-state index is -0.802. The third-order valence-corrected chi connectivity index (χ3v) is 5.78. The SMILES string of the molecule is COc1ccc([C@@H]2[C@H](CC[C@H](O)c3ccc(F)cc3)NC(=O)N2c2ccccc2)c(O)c1. The number of hydrogen-bond acceptors (Lipinski definition) is 4. The molecule has 0 aliphatic carbocycles. The van der Waals surface area contributed by atoms with Crippen LogP contribution in [0.25, 0.3) is 0 Å². The molecule has 3 aromatic rings.